The van der Waals surface area contributed by atoms with Crippen molar-refractivity contribution in [1.82, 2.24) is 0 Å². The Kier molecular flexibility index (Phi) is 5.46. The minimum atomic E-state index is -1.18. The second kappa shape index (κ2) is 7.64. The van der Waals surface area contributed by atoms with Gasteiger partial charge in [-0.25, -0.2) is 4.39 Å². The fourth-order valence-corrected chi connectivity index (χ4v) is 4.09. The van der Waals surface area contributed by atoms with Gasteiger partial charge >= 0.3 is 0 Å². The number of ether oxygens (including phenoxy) is 1. The Hall–Kier alpha value is -2.48. The Morgan fingerprint density at radius 2 is 1.93 bits per heavy atom. The minimum absolute atomic E-state index is 0.320. The highest BCUT2D eigenvalue weighted by molar-refractivity contribution is 9.10. The van der Waals surface area contributed by atoms with Crippen molar-refractivity contribution in [3.8, 4) is 5.75 Å². The number of anilines is 1. The van der Waals surface area contributed by atoms with E-state index < -0.39 is 28.7 Å². The molecule has 0 radical (unpaired) electrons. The molecule has 142 valence electrons. The van der Waals surface area contributed by atoms with Crippen molar-refractivity contribution < 1.29 is 18.8 Å². The third-order valence-electron chi connectivity index (χ3n) is 4.88. The Morgan fingerprint density at radius 3 is 2.48 bits per heavy atom. The topological polar surface area (TPSA) is 72.7 Å². The van der Waals surface area contributed by atoms with Crippen LogP contribution in [0, 0.1) is 21.8 Å². The SMILES string of the molecule is CC[C@@H]1C(=O)N(c2ccc(OC)cc2)[C@H](c2cc(F)ccc2Br)[C@H]1[N+](=O)[O-]. The number of halogens is 2. The molecule has 6 nitrogen and oxygen atoms in total. The Bertz CT molecular complexity index is 875. The number of carbonyl (C=O) groups is 1. The Morgan fingerprint density at radius 1 is 1.26 bits per heavy atom. The lowest BCUT2D eigenvalue weighted by Crippen LogP contribution is -2.33. The minimum Gasteiger partial charge on any atom is -0.497 e. The Labute approximate surface area is 164 Å². The van der Waals surface area contributed by atoms with Crippen LogP contribution in [-0.2, 0) is 4.79 Å². The summed E-state index contributed by atoms with van der Waals surface area (Å²) in [5.41, 5.74) is 0.876. The first-order valence-electron chi connectivity index (χ1n) is 8.44. The van der Waals surface area contributed by atoms with Crippen LogP contribution in [0.1, 0.15) is 24.9 Å². The summed E-state index contributed by atoms with van der Waals surface area (Å²) in [4.78, 5) is 25.9. The molecule has 8 heteroatoms. The molecule has 1 amide bonds. The molecule has 1 aliphatic rings. The normalized spacial score (nSPS) is 22.1. The van der Waals surface area contributed by atoms with E-state index in [2.05, 4.69) is 15.9 Å². The summed E-state index contributed by atoms with van der Waals surface area (Å²) in [6.07, 6.45) is 0.320. The van der Waals surface area contributed by atoms with Crippen LogP contribution in [0.2, 0.25) is 0 Å². The number of nitrogens with zero attached hydrogens (tertiary/aromatic N) is 2. The summed E-state index contributed by atoms with van der Waals surface area (Å²) in [6, 6.07) is 8.61. The summed E-state index contributed by atoms with van der Waals surface area (Å²) in [6.45, 7) is 1.74. The first-order valence-corrected chi connectivity index (χ1v) is 9.23. The molecule has 0 unspecified atom stereocenters. The molecule has 0 N–H and O–H groups in total. The van der Waals surface area contributed by atoms with Gasteiger partial charge in [-0.1, -0.05) is 22.9 Å². The highest BCUT2D eigenvalue weighted by Crippen LogP contribution is 2.45. The molecule has 1 heterocycles. The van der Waals surface area contributed by atoms with Crippen LogP contribution in [0.15, 0.2) is 46.9 Å². The number of nitro groups is 1. The van der Waals surface area contributed by atoms with Gasteiger partial charge in [0.15, 0.2) is 0 Å². The van der Waals surface area contributed by atoms with Crippen LogP contribution in [-0.4, -0.2) is 24.0 Å². The number of amides is 1. The van der Waals surface area contributed by atoms with E-state index in [1.807, 2.05) is 0 Å². The average molecular weight is 437 g/mol. The van der Waals surface area contributed by atoms with Crippen molar-refractivity contribution in [2.24, 2.45) is 5.92 Å². The van der Waals surface area contributed by atoms with Crippen molar-refractivity contribution in [1.29, 1.82) is 0 Å². The second-order valence-corrected chi connectivity index (χ2v) is 7.16. The third-order valence-corrected chi connectivity index (χ3v) is 5.60. The molecular formula is C19H18BrFN2O4. The van der Waals surface area contributed by atoms with E-state index in [1.54, 1.807) is 31.2 Å². The van der Waals surface area contributed by atoms with Gasteiger partial charge in [-0.3, -0.25) is 19.8 Å². The van der Waals surface area contributed by atoms with Crippen LogP contribution >= 0.6 is 15.9 Å². The van der Waals surface area contributed by atoms with E-state index in [0.29, 0.717) is 27.9 Å². The highest BCUT2D eigenvalue weighted by Gasteiger charge is 2.56. The van der Waals surface area contributed by atoms with Crippen LogP contribution in [0.4, 0.5) is 10.1 Å². The van der Waals surface area contributed by atoms with Gasteiger partial charge in [-0.05, 0) is 54.4 Å². The van der Waals surface area contributed by atoms with E-state index in [-0.39, 0.29) is 5.91 Å². The van der Waals surface area contributed by atoms with Crippen molar-refractivity contribution in [3.63, 3.8) is 0 Å². The highest BCUT2D eigenvalue weighted by atomic mass is 79.9. The maximum absolute atomic E-state index is 13.9. The maximum atomic E-state index is 13.9. The van der Waals surface area contributed by atoms with Crippen LogP contribution < -0.4 is 9.64 Å². The van der Waals surface area contributed by atoms with Crippen molar-refractivity contribution in [2.75, 3.05) is 12.0 Å². The van der Waals surface area contributed by atoms with E-state index in [1.165, 1.54) is 30.2 Å². The first-order chi connectivity index (χ1) is 12.9. The van der Waals surface area contributed by atoms with Gasteiger partial charge in [0, 0.05) is 15.1 Å². The van der Waals surface area contributed by atoms with Crippen molar-refractivity contribution >= 4 is 27.5 Å². The van der Waals surface area contributed by atoms with Gasteiger partial charge in [0.05, 0.1) is 7.11 Å². The molecule has 0 saturated carbocycles. The predicted molar refractivity (Wildman–Crippen MR) is 102 cm³/mol. The van der Waals surface area contributed by atoms with Gasteiger partial charge in [0.1, 0.15) is 23.5 Å². The van der Waals surface area contributed by atoms with Gasteiger partial charge in [0.25, 0.3) is 0 Å². The van der Waals surface area contributed by atoms with E-state index >= 15 is 0 Å². The standard InChI is InChI=1S/C19H18BrFN2O4/c1-3-14-18(23(25)26)17(15-10-11(21)4-9-16(15)20)22(19(14)24)12-5-7-13(27-2)8-6-12/h4-10,14,17-18H,3H2,1-2H3/t14-,17+,18-/m0/s1. The summed E-state index contributed by atoms with van der Waals surface area (Å²) < 4.78 is 19.6. The zero-order valence-electron chi connectivity index (χ0n) is 14.8. The number of hydrogen-bond donors (Lipinski definition) is 0. The average Bonchev–Trinajstić information content (AvgIpc) is 2.96. The molecule has 2 aromatic rings. The summed E-state index contributed by atoms with van der Waals surface area (Å²) in [5.74, 6) is -1.04. The quantitative estimate of drug-likeness (QED) is 0.515. The molecule has 0 aliphatic carbocycles. The monoisotopic (exact) mass is 436 g/mol. The molecule has 0 bridgehead atoms. The fourth-order valence-electron chi connectivity index (χ4n) is 3.61. The second-order valence-electron chi connectivity index (χ2n) is 6.31. The smallest absolute Gasteiger partial charge is 0.249 e. The molecule has 3 rings (SSSR count). The van der Waals surface area contributed by atoms with Crippen molar-refractivity contribution in [3.05, 3.63) is 68.4 Å². The largest absolute Gasteiger partial charge is 0.497 e. The maximum Gasteiger partial charge on any atom is 0.249 e. The molecule has 3 atom stereocenters. The summed E-state index contributed by atoms with van der Waals surface area (Å²) in [5, 5.41) is 11.9. The summed E-state index contributed by atoms with van der Waals surface area (Å²) >= 11 is 3.35. The van der Waals surface area contributed by atoms with E-state index in [0.717, 1.165) is 0 Å². The molecule has 1 saturated heterocycles. The predicted octanol–water partition coefficient (Wildman–Crippen LogP) is 4.36. The number of rotatable bonds is 5. The fraction of sp³-hybridized carbons (Fsp3) is 0.316. The summed E-state index contributed by atoms with van der Waals surface area (Å²) in [7, 11) is 1.53. The van der Waals surface area contributed by atoms with Gasteiger partial charge in [-0.2, -0.15) is 0 Å². The molecule has 2 aromatic carbocycles. The lowest BCUT2D eigenvalue weighted by molar-refractivity contribution is -0.530. The number of carbonyl (C=O) groups excluding carboxylic acids is 1. The number of hydrogen-bond acceptors (Lipinski definition) is 4. The molecular weight excluding hydrogens is 419 g/mol. The van der Waals surface area contributed by atoms with Gasteiger partial charge in [0.2, 0.25) is 11.9 Å². The number of benzene rings is 2. The zero-order valence-corrected chi connectivity index (χ0v) is 16.3. The van der Waals surface area contributed by atoms with Crippen LogP contribution in [0.25, 0.3) is 0 Å². The van der Waals surface area contributed by atoms with Crippen molar-refractivity contribution in [2.45, 2.75) is 25.4 Å². The third kappa shape index (κ3) is 3.41. The lowest BCUT2D eigenvalue weighted by Gasteiger charge is -2.26. The van der Waals surface area contributed by atoms with E-state index in [4.69, 9.17) is 4.74 Å². The zero-order chi connectivity index (χ0) is 19.7. The van der Waals surface area contributed by atoms with Gasteiger partial charge in [-0.15, -0.1) is 0 Å². The molecule has 1 fully saturated rings. The molecule has 27 heavy (non-hydrogen) atoms. The Balaban J connectivity index is 2.19. The first kappa shape index (κ1) is 19.3. The lowest BCUT2D eigenvalue weighted by atomic mass is 9.92. The van der Waals surface area contributed by atoms with Gasteiger partial charge < -0.3 is 4.74 Å². The van der Waals surface area contributed by atoms with Crippen LogP contribution in [0.3, 0.4) is 0 Å². The molecule has 1 aliphatic heterocycles. The number of methoxy groups -OCH3 is 1. The molecule has 0 spiro atoms. The van der Waals surface area contributed by atoms with Crippen LogP contribution in [0.5, 0.6) is 5.75 Å². The van der Waals surface area contributed by atoms with E-state index in [9.17, 15) is 19.3 Å². The molecule has 0 aromatic heterocycles.